The average Bonchev–Trinajstić information content (AvgIpc) is 2.90. The molecular formula is C24H24N2O4. The van der Waals surface area contributed by atoms with Gasteiger partial charge in [-0.25, -0.2) is 0 Å². The van der Waals surface area contributed by atoms with Crippen molar-refractivity contribution in [1.82, 2.24) is 4.90 Å². The van der Waals surface area contributed by atoms with Crippen LogP contribution in [0.5, 0.6) is 11.5 Å². The van der Waals surface area contributed by atoms with E-state index < -0.39 is 0 Å². The summed E-state index contributed by atoms with van der Waals surface area (Å²) in [6.45, 7) is 0.795. The van der Waals surface area contributed by atoms with E-state index in [9.17, 15) is 15.2 Å². The van der Waals surface area contributed by atoms with Crippen molar-refractivity contribution in [2.45, 2.75) is 18.4 Å². The highest BCUT2D eigenvalue weighted by Gasteiger charge is 2.34. The number of fused-ring (bicyclic) bond motifs is 1. The van der Waals surface area contributed by atoms with Gasteiger partial charge < -0.3 is 9.84 Å². The van der Waals surface area contributed by atoms with Crippen LogP contribution < -0.4 is 4.74 Å². The molecular weight excluding hydrogens is 380 g/mol. The van der Waals surface area contributed by atoms with Crippen molar-refractivity contribution >= 4 is 5.69 Å². The van der Waals surface area contributed by atoms with Gasteiger partial charge in [-0.1, -0.05) is 42.5 Å². The van der Waals surface area contributed by atoms with Gasteiger partial charge in [0.1, 0.15) is 0 Å². The van der Waals surface area contributed by atoms with Crippen molar-refractivity contribution in [2.75, 3.05) is 20.7 Å². The third-order valence-electron chi connectivity index (χ3n) is 5.90. The summed E-state index contributed by atoms with van der Waals surface area (Å²) in [6, 6.07) is 20.8. The zero-order valence-corrected chi connectivity index (χ0v) is 17.0. The van der Waals surface area contributed by atoms with Crippen LogP contribution >= 0.6 is 0 Å². The highest BCUT2D eigenvalue weighted by Crippen LogP contribution is 2.46. The van der Waals surface area contributed by atoms with Crippen LogP contribution in [0.4, 0.5) is 5.69 Å². The van der Waals surface area contributed by atoms with Gasteiger partial charge in [0.15, 0.2) is 11.5 Å². The van der Waals surface area contributed by atoms with Gasteiger partial charge in [0, 0.05) is 30.6 Å². The molecule has 1 aliphatic heterocycles. The van der Waals surface area contributed by atoms with Gasteiger partial charge in [0.2, 0.25) is 0 Å². The van der Waals surface area contributed by atoms with Crippen LogP contribution in [0, 0.1) is 10.1 Å². The number of methoxy groups -OCH3 is 1. The maximum Gasteiger partial charge on any atom is 0.269 e. The first kappa shape index (κ1) is 19.9. The molecule has 0 spiro atoms. The fourth-order valence-electron chi connectivity index (χ4n) is 4.42. The number of hydrogen-bond donors (Lipinski definition) is 1. The summed E-state index contributed by atoms with van der Waals surface area (Å²) in [4.78, 5) is 13.0. The van der Waals surface area contributed by atoms with Gasteiger partial charge in [-0.05, 0) is 47.9 Å². The van der Waals surface area contributed by atoms with Crippen molar-refractivity contribution in [3.8, 4) is 11.5 Å². The summed E-state index contributed by atoms with van der Waals surface area (Å²) in [6.07, 6.45) is 0.788. The minimum Gasteiger partial charge on any atom is -0.504 e. The van der Waals surface area contributed by atoms with E-state index in [1.807, 2.05) is 36.4 Å². The number of hydrogen-bond acceptors (Lipinski definition) is 5. The quantitative estimate of drug-likeness (QED) is 0.505. The Labute approximate surface area is 175 Å². The largest absolute Gasteiger partial charge is 0.504 e. The molecule has 0 amide bonds. The highest BCUT2D eigenvalue weighted by molar-refractivity contribution is 5.52. The first-order valence-corrected chi connectivity index (χ1v) is 9.89. The normalized spacial score (nSPS) is 19.0. The average molecular weight is 404 g/mol. The molecule has 6 heteroatoms. The second-order valence-corrected chi connectivity index (χ2v) is 7.64. The summed E-state index contributed by atoms with van der Waals surface area (Å²) in [5.74, 6) is 0.561. The smallest absolute Gasteiger partial charge is 0.269 e. The maximum atomic E-state index is 11.1. The lowest BCUT2D eigenvalue weighted by Gasteiger charge is -2.34. The van der Waals surface area contributed by atoms with Gasteiger partial charge >= 0.3 is 0 Å². The molecule has 1 heterocycles. The van der Waals surface area contributed by atoms with E-state index in [0.717, 1.165) is 35.2 Å². The lowest BCUT2D eigenvalue weighted by atomic mass is 9.80. The summed E-state index contributed by atoms with van der Waals surface area (Å²) >= 11 is 0. The molecule has 0 fully saturated rings. The summed E-state index contributed by atoms with van der Waals surface area (Å²) in [5.41, 5.74) is 4.42. The number of likely N-dealkylation sites (N-methyl/N-ethyl adjacent to an activating group) is 1. The molecule has 1 N–H and O–H groups in total. The number of aromatic hydroxyl groups is 1. The fourth-order valence-corrected chi connectivity index (χ4v) is 4.42. The monoisotopic (exact) mass is 404 g/mol. The lowest BCUT2D eigenvalue weighted by Crippen LogP contribution is -2.29. The Kier molecular flexibility index (Phi) is 5.42. The molecule has 3 aromatic rings. The molecule has 0 unspecified atom stereocenters. The topological polar surface area (TPSA) is 75.8 Å². The highest BCUT2D eigenvalue weighted by atomic mass is 16.6. The zero-order valence-electron chi connectivity index (χ0n) is 17.0. The number of non-ortho nitro benzene ring substituents is 1. The SMILES string of the molecule is COc1cc2c(cc1O)CCN(C)[C@H](c1ccc([N+](=O)[O-])cc1)[C@H]2c1ccccc1. The Hall–Kier alpha value is -3.38. The molecule has 154 valence electrons. The Balaban J connectivity index is 1.91. The molecule has 3 aromatic carbocycles. The Bertz CT molecular complexity index is 1050. The van der Waals surface area contributed by atoms with E-state index in [-0.39, 0.29) is 28.3 Å². The molecule has 0 saturated carbocycles. The van der Waals surface area contributed by atoms with E-state index in [2.05, 4.69) is 24.1 Å². The second-order valence-electron chi connectivity index (χ2n) is 7.64. The number of phenols is 1. The van der Waals surface area contributed by atoms with Crippen molar-refractivity contribution in [3.05, 3.63) is 99.1 Å². The molecule has 1 aliphatic rings. The zero-order chi connectivity index (χ0) is 21.3. The lowest BCUT2D eigenvalue weighted by molar-refractivity contribution is -0.384. The minimum absolute atomic E-state index is 0.0235. The molecule has 0 aromatic heterocycles. The number of nitrogens with zero attached hydrogens (tertiary/aromatic N) is 2. The first-order chi connectivity index (χ1) is 14.5. The predicted octanol–water partition coefficient (Wildman–Crippen LogP) is 4.67. The van der Waals surface area contributed by atoms with Crippen molar-refractivity contribution in [2.24, 2.45) is 0 Å². The first-order valence-electron chi connectivity index (χ1n) is 9.89. The Morgan fingerprint density at radius 2 is 1.77 bits per heavy atom. The van der Waals surface area contributed by atoms with Crippen LogP contribution in [0.25, 0.3) is 0 Å². The molecule has 2 atom stereocenters. The van der Waals surface area contributed by atoms with Crippen molar-refractivity contribution < 1.29 is 14.8 Å². The van der Waals surface area contributed by atoms with Crippen LogP contribution in [0.1, 0.15) is 34.2 Å². The Morgan fingerprint density at radius 1 is 1.07 bits per heavy atom. The van der Waals surface area contributed by atoms with E-state index in [0.29, 0.717) is 5.75 Å². The van der Waals surface area contributed by atoms with E-state index in [1.54, 1.807) is 25.3 Å². The van der Waals surface area contributed by atoms with E-state index in [1.165, 1.54) is 0 Å². The van der Waals surface area contributed by atoms with Crippen molar-refractivity contribution in [1.29, 1.82) is 0 Å². The Morgan fingerprint density at radius 3 is 2.40 bits per heavy atom. The number of nitro groups is 1. The van der Waals surface area contributed by atoms with Gasteiger partial charge in [-0.15, -0.1) is 0 Å². The summed E-state index contributed by atoms with van der Waals surface area (Å²) in [7, 11) is 3.63. The van der Waals surface area contributed by atoms with Gasteiger partial charge in [-0.3, -0.25) is 15.0 Å². The molecule has 4 rings (SSSR count). The van der Waals surface area contributed by atoms with Gasteiger partial charge in [-0.2, -0.15) is 0 Å². The number of ether oxygens (including phenoxy) is 1. The maximum absolute atomic E-state index is 11.1. The molecule has 6 nitrogen and oxygen atoms in total. The van der Waals surface area contributed by atoms with Crippen molar-refractivity contribution in [3.63, 3.8) is 0 Å². The van der Waals surface area contributed by atoms with Crippen LogP contribution in [0.3, 0.4) is 0 Å². The molecule has 0 bridgehead atoms. The predicted molar refractivity (Wildman–Crippen MR) is 115 cm³/mol. The van der Waals surface area contributed by atoms with E-state index in [4.69, 9.17) is 4.74 Å². The number of nitro benzene ring substituents is 1. The van der Waals surface area contributed by atoms with Crippen LogP contribution in [0.15, 0.2) is 66.7 Å². The molecule has 0 saturated heterocycles. The standard InChI is InChI=1S/C24H24N2O4/c1-25-13-12-18-14-21(27)22(30-2)15-20(18)23(16-6-4-3-5-7-16)24(25)17-8-10-19(11-9-17)26(28)29/h3-11,14-15,23-24,27H,12-13H2,1-2H3/t23-,24+/m0/s1. The number of phenolic OH excluding ortho intramolecular Hbond substituents is 1. The number of benzene rings is 3. The summed E-state index contributed by atoms with van der Waals surface area (Å²) in [5, 5.41) is 21.5. The fraction of sp³-hybridized carbons (Fsp3) is 0.250. The van der Waals surface area contributed by atoms with Crippen LogP contribution in [0.2, 0.25) is 0 Å². The van der Waals surface area contributed by atoms with Crippen LogP contribution in [-0.2, 0) is 6.42 Å². The molecule has 0 radical (unpaired) electrons. The third kappa shape index (κ3) is 3.62. The second kappa shape index (κ2) is 8.16. The third-order valence-corrected chi connectivity index (χ3v) is 5.90. The number of rotatable bonds is 4. The minimum atomic E-state index is -0.377. The summed E-state index contributed by atoms with van der Waals surface area (Å²) < 4.78 is 5.41. The molecule has 30 heavy (non-hydrogen) atoms. The van der Waals surface area contributed by atoms with Gasteiger partial charge in [0.05, 0.1) is 12.0 Å². The molecule has 0 aliphatic carbocycles. The van der Waals surface area contributed by atoms with Gasteiger partial charge in [0.25, 0.3) is 5.69 Å². The van der Waals surface area contributed by atoms with Crippen LogP contribution in [-0.4, -0.2) is 35.6 Å². The van der Waals surface area contributed by atoms with E-state index >= 15 is 0 Å².